The minimum absolute atomic E-state index is 0.0269. The molecular weight excluding hydrogens is 515 g/mol. The molecule has 2 aromatic rings. The van der Waals surface area contributed by atoms with Crippen LogP contribution in [0.5, 0.6) is 0 Å². The van der Waals surface area contributed by atoms with Crippen LogP contribution in [0.1, 0.15) is 54.8 Å². The molecule has 2 aliphatic heterocycles. The van der Waals surface area contributed by atoms with Crippen molar-refractivity contribution in [3.8, 4) is 0 Å². The summed E-state index contributed by atoms with van der Waals surface area (Å²) < 4.78 is 59.3. The topological polar surface area (TPSA) is 90.7 Å². The Labute approximate surface area is 226 Å². The van der Waals surface area contributed by atoms with Crippen LogP contribution >= 0.6 is 0 Å². The van der Waals surface area contributed by atoms with Crippen LogP contribution in [-0.2, 0) is 45.2 Å². The first kappa shape index (κ1) is 28.0. The zero-order valence-corrected chi connectivity index (χ0v) is 22.5. The van der Waals surface area contributed by atoms with Crippen molar-refractivity contribution >= 4 is 5.91 Å². The van der Waals surface area contributed by atoms with Crippen molar-refractivity contribution in [2.24, 2.45) is 13.0 Å². The van der Waals surface area contributed by atoms with Crippen molar-refractivity contribution < 1.29 is 32.2 Å². The second kappa shape index (κ2) is 11.5. The Morgan fingerprint density at radius 2 is 2.10 bits per heavy atom. The molecule has 1 saturated carbocycles. The second-order valence-electron chi connectivity index (χ2n) is 10.7. The number of ether oxygens (including phenoxy) is 3. The number of nitrogens with one attached hydrogen (secondary N) is 1. The number of nitrogens with zero attached hydrogens (tertiary/aromatic N) is 4. The molecule has 12 heteroatoms. The van der Waals surface area contributed by atoms with Gasteiger partial charge in [0.05, 0.1) is 42.1 Å². The van der Waals surface area contributed by atoms with Gasteiger partial charge in [0.25, 0.3) is 0 Å². The number of carbonyl (C=O) groups is 1. The van der Waals surface area contributed by atoms with E-state index in [0.29, 0.717) is 50.3 Å². The van der Waals surface area contributed by atoms with Gasteiger partial charge < -0.3 is 24.4 Å². The summed E-state index contributed by atoms with van der Waals surface area (Å²) in [6, 6.07) is 3.14. The number of carbonyl (C=O) groups excluding carboxylic acids is 1. The van der Waals surface area contributed by atoms with Gasteiger partial charge in [-0.2, -0.15) is 18.3 Å². The molecule has 9 nitrogen and oxygen atoms in total. The van der Waals surface area contributed by atoms with Gasteiger partial charge in [-0.05, 0) is 43.9 Å². The number of halogens is 3. The normalized spacial score (nSPS) is 28.4. The summed E-state index contributed by atoms with van der Waals surface area (Å²) in [7, 11) is 3.52. The van der Waals surface area contributed by atoms with Gasteiger partial charge in [0.2, 0.25) is 5.91 Å². The molecule has 4 heterocycles. The monoisotopic (exact) mass is 551 g/mol. The average molecular weight is 552 g/mol. The SMILES string of the molecule is COC1COCCC1NC1CC(C(=O)N2CCc3ncc(C(F)(F)F)cc3C2)[C@H](OC(C)c2ccnn2C)C1. The third-order valence-corrected chi connectivity index (χ3v) is 8.21. The van der Waals surface area contributed by atoms with Gasteiger partial charge in [-0.3, -0.25) is 14.5 Å². The molecule has 1 N–H and O–H groups in total. The predicted octanol–water partition coefficient (Wildman–Crippen LogP) is 3.04. The Hall–Kier alpha value is -2.54. The van der Waals surface area contributed by atoms with Crippen LogP contribution < -0.4 is 5.32 Å². The lowest BCUT2D eigenvalue weighted by Crippen LogP contribution is -2.50. The van der Waals surface area contributed by atoms with Gasteiger partial charge in [0, 0.05) is 70.4 Å². The number of hydrogen-bond donors (Lipinski definition) is 1. The van der Waals surface area contributed by atoms with Crippen LogP contribution in [0.15, 0.2) is 24.5 Å². The van der Waals surface area contributed by atoms with Crippen molar-refractivity contribution in [2.45, 2.75) is 75.7 Å². The molecule has 1 saturated heterocycles. The minimum atomic E-state index is -4.48. The lowest BCUT2D eigenvalue weighted by Gasteiger charge is -2.33. The smallest absolute Gasteiger partial charge is 0.379 e. The average Bonchev–Trinajstić information content (AvgIpc) is 3.53. The van der Waals surface area contributed by atoms with E-state index < -0.39 is 17.7 Å². The molecule has 6 atom stereocenters. The van der Waals surface area contributed by atoms with Crippen LogP contribution in [0, 0.1) is 5.92 Å². The van der Waals surface area contributed by atoms with Gasteiger partial charge >= 0.3 is 6.18 Å². The largest absolute Gasteiger partial charge is 0.417 e. The van der Waals surface area contributed by atoms with Crippen LogP contribution in [0.4, 0.5) is 13.2 Å². The highest BCUT2D eigenvalue weighted by atomic mass is 19.4. The van der Waals surface area contributed by atoms with Gasteiger partial charge in [0.1, 0.15) is 0 Å². The maximum Gasteiger partial charge on any atom is 0.417 e. The first-order chi connectivity index (χ1) is 18.6. The Kier molecular flexibility index (Phi) is 8.27. The first-order valence-electron chi connectivity index (χ1n) is 13.5. The van der Waals surface area contributed by atoms with E-state index in [1.807, 2.05) is 20.0 Å². The summed E-state index contributed by atoms with van der Waals surface area (Å²) in [5, 5.41) is 7.92. The van der Waals surface area contributed by atoms with E-state index in [0.717, 1.165) is 24.4 Å². The van der Waals surface area contributed by atoms with Crippen LogP contribution in [-0.4, -0.2) is 76.7 Å². The number of rotatable bonds is 7. The van der Waals surface area contributed by atoms with E-state index in [2.05, 4.69) is 15.4 Å². The summed E-state index contributed by atoms with van der Waals surface area (Å²) in [5.41, 5.74) is 1.17. The molecule has 0 spiro atoms. The van der Waals surface area contributed by atoms with Gasteiger partial charge in [-0.25, -0.2) is 0 Å². The van der Waals surface area contributed by atoms with E-state index in [1.54, 1.807) is 22.9 Å². The maximum absolute atomic E-state index is 13.9. The Morgan fingerprint density at radius 3 is 2.82 bits per heavy atom. The quantitative estimate of drug-likeness (QED) is 0.566. The fraction of sp³-hybridized carbons (Fsp3) is 0.667. The number of aryl methyl sites for hydroxylation is 1. The van der Waals surface area contributed by atoms with E-state index >= 15 is 0 Å². The first-order valence-corrected chi connectivity index (χ1v) is 13.5. The molecule has 1 amide bonds. The molecule has 1 aliphatic carbocycles. The molecule has 0 aromatic carbocycles. The van der Waals surface area contributed by atoms with Crippen molar-refractivity contribution in [1.29, 1.82) is 0 Å². The second-order valence-corrected chi connectivity index (χ2v) is 10.7. The predicted molar refractivity (Wildman–Crippen MR) is 135 cm³/mol. The molecule has 39 heavy (non-hydrogen) atoms. The van der Waals surface area contributed by atoms with Crippen LogP contribution in [0.3, 0.4) is 0 Å². The Morgan fingerprint density at radius 1 is 1.28 bits per heavy atom. The lowest BCUT2D eigenvalue weighted by molar-refractivity contribution is -0.142. The molecule has 0 radical (unpaired) electrons. The van der Waals surface area contributed by atoms with E-state index in [4.69, 9.17) is 14.2 Å². The third kappa shape index (κ3) is 6.13. The van der Waals surface area contributed by atoms with Crippen LogP contribution in [0.25, 0.3) is 0 Å². The van der Waals surface area contributed by atoms with E-state index in [9.17, 15) is 18.0 Å². The van der Waals surface area contributed by atoms with Crippen molar-refractivity contribution in [3.05, 3.63) is 47.0 Å². The van der Waals surface area contributed by atoms with Gasteiger partial charge in [0.15, 0.2) is 0 Å². The number of amides is 1. The Bertz CT molecular complexity index is 1160. The number of fused-ring (bicyclic) bond motifs is 1. The summed E-state index contributed by atoms with van der Waals surface area (Å²) in [6.07, 6.45) is -0.189. The van der Waals surface area contributed by atoms with Crippen molar-refractivity contribution in [1.82, 2.24) is 25.0 Å². The van der Waals surface area contributed by atoms with Crippen molar-refractivity contribution in [3.63, 3.8) is 0 Å². The van der Waals surface area contributed by atoms with Gasteiger partial charge in [-0.1, -0.05) is 0 Å². The summed E-state index contributed by atoms with van der Waals surface area (Å²) in [4.78, 5) is 19.6. The number of pyridine rings is 1. The molecule has 5 unspecified atom stereocenters. The number of methoxy groups -OCH3 is 1. The highest BCUT2D eigenvalue weighted by Crippen LogP contribution is 2.36. The molecule has 214 valence electrons. The standard InChI is InChI=1S/C27H36F3N5O4/c1-16(23-4-7-32-34(23)2)39-24-12-19(33-22-6-9-38-15-25(22)37-3)11-20(24)26(36)35-8-5-21-17(14-35)10-18(13-31-21)27(28,29)30/h4,7,10,13,16,19-20,22,24-25,33H,5-6,8-9,11-12,14-15H2,1-3H3/t16?,19?,20?,22?,24-,25?/m1/s1. The van der Waals surface area contributed by atoms with E-state index in [1.165, 1.54) is 0 Å². The minimum Gasteiger partial charge on any atom is -0.379 e. The van der Waals surface area contributed by atoms with Crippen LogP contribution in [0.2, 0.25) is 0 Å². The highest BCUT2D eigenvalue weighted by Gasteiger charge is 2.44. The highest BCUT2D eigenvalue weighted by molar-refractivity contribution is 5.80. The van der Waals surface area contributed by atoms with Gasteiger partial charge in [-0.15, -0.1) is 0 Å². The number of alkyl halides is 3. The summed E-state index contributed by atoms with van der Waals surface area (Å²) in [5.74, 6) is -0.529. The molecule has 2 aromatic heterocycles. The molecule has 3 aliphatic rings. The maximum atomic E-state index is 13.9. The fourth-order valence-corrected chi connectivity index (χ4v) is 6.10. The zero-order valence-electron chi connectivity index (χ0n) is 22.5. The molecular formula is C27H36F3N5O4. The number of hydrogen-bond acceptors (Lipinski definition) is 7. The molecule has 5 rings (SSSR count). The zero-order chi connectivity index (χ0) is 27.7. The molecule has 0 bridgehead atoms. The lowest BCUT2D eigenvalue weighted by atomic mass is 9.98. The summed E-state index contributed by atoms with van der Waals surface area (Å²) >= 11 is 0. The van der Waals surface area contributed by atoms with E-state index in [-0.39, 0.29) is 42.8 Å². The molecule has 2 fully saturated rings. The fourth-order valence-electron chi connectivity index (χ4n) is 6.10. The number of aromatic nitrogens is 3. The third-order valence-electron chi connectivity index (χ3n) is 8.21. The Balaban J connectivity index is 1.33. The summed E-state index contributed by atoms with van der Waals surface area (Å²) in [6.45, 7) is 3.62. The van der Waals surface area contributed by atoms with Crippen molar-refractivity contribution in [2.75, 3.05) is 26.9 Å².